The number of aromatic nitrogens is 4. The van der Waals surface area contributed by atoms with Crippen LogP contribution in [0.5, 0.6) is 0 Å². The molecule has 0 spiro atoms. The first-order valence-corrected chi connectivity index (χ1v) is 6.35. The van der Waals surface area contributed by atoms with Gasteiger partial charge in [-0.1, -0.05) is 24.3 Å². The van der Waals surface area contributed by atoms with E-state index in [2.05, 4.69) is 19.9 Å². The minimum absolute atomic E-state index is 0.0919. The topological polar surface area (TPSA) is 121 Å². The van der Waals surface area contributed by atoms with Crippen LogP contribution in [0.25, 0.3) is 28.5 Å². The third-order valence-electron chi connectivity index (χ3n) is 3.10. The monoisotopic (exact) mass is 290 g/mol. The summed E-state index contributed by atoms with van der Waals surface area (Å²) in [5, 5.41) is 8.84. The molecule has 2 heterocycles. The summed E-state index contributed by atoms with van der Waals surface area (Å²) in [5.74, 6) is -0.749. The van der Waals surface area contributed by atoms with Crippen LogP contribution < -0.4 is 5.73 Å². The minimum atomic E-state index is -0.749. The lowest BCUT2D eigenvalue weighted by molar-refractivity contribution is -0.114. The standard InChI is InChI=1S/C15H10N6O/c16-6-11(14(17)22)5-9-1-3-10(4-2-9)12-13-15(20-7-18-12)21-8-19-13/h1-5,7-8H,(H2,17,22)(H,18,19,20,21)/b11-5-. The zero-order valence-corrected chi connectivity index (χ0v) is 11.3. The Balaban J connectivity index is 2.00. The van der Waals surface area contributed by atoms with Crippen molar-refractivity contribution in [3.8, 4) is 17.3 Å². The third kappa shape index (κ3) is 2.41. The van der Waals surface area contributed by atoms with E-state index < -0.39 is 5.91 Å². The average Bonchev–Trinajstić information content (AvgIpc) is 3.01. The van der Waals surface area contributed by atoms with Crippen molar-refractivity contribution in [3.63, 3.8) is 0 Å². The van der Waals surface area contributed by atoms with E-state index in [1.54, 1.807) is 24.5 Å². The number of nitriles is 1. The van der Waals surface area contributed by atoms with Crippen LogP contribution in [0.1, 0.15) is 5.56 Å². The SMILES string of the molecule is N#C/C(=C/c1ccc(-c2ncnc3nc[nH]c23)cc1)C(N)=O. The second-order valence-corrected chi connectivity index (χ2v) is 4.48. The lowest BCUT2D eigenvalue weighted by Crippen LogP contribution is -2.12. The first-order chi connectivity index (χ1) is 10.7. The molecule has 1 amide bonds. The summed E-state index contributed by atoms with van der Waals surface area (Å²) < 4.78 is 0. The molecule has 0 atom stereocenters. The molecule has 0 fully saturated rings. The molecule has 2 aromatic heterocycles. The molecule has 0 unspecified atom stereocenters. The summed E-state index contributed by atoms with van der Waals surface area (Å²) in [5.41, 5.74) is 8.66. The molecule has 7 nitrogen and oxygen atoms in total. The summed E-state index contributed by atoms with van der Waals surface area (Å²) in [7, 11) is 0. The van der Waals surface area contributed by atoms with Gasteiger partial charge in [-0.15, -0.1) is 0 Å². The van der Waals surface area contributed by atoms with Gasteiger partial charge in [-0.2, -0.15) is 5.26 Å². The van der Waals surface area contributed by atoms with Gasteiger partial charge in [0.2, 0.25) is 0 Å². The van der Waals surface area contributed by atoms with Gasteiger partial charge in [-0.3, -0.25) is 4.79 Å². The fraction of sp³-hybridized carbons (Fsp3) is 0. The molecule has 0 aliphatic carbocycles. The second-order valence-electron chi connectivity index (χ2n) is 4.48. The van der Waals surface area contributed by atoms with Crippen molar-refractivity contribution in [1.82, 2.24) is 19.9 Å². The molecular formula is C15H10N6O. The molecule has 0 bridgehead atoms. The molecule has 0 radical (unpaired) electrons. The van der Waals surface area contributed by atoms with E-state index in [1.165, 1.54) is 12.4 Å². The van der Waals surface area contributed by atoms with E-state index in [9.17, 15) is 4.79 Å². The first kappa shape index (κ1) is 13.5. The highest BCUT2D eigenvalue weighted by Gasteiger charge is 2.08. The third-order valence-corrected chi connectivity index (χ3v) is 3.10. The van der Waals surface area contributed by atoms with Crippen LogP contribution >= 0.6 is 0 Å². The number of hydrogen-bond donors (Lipinski definition) is 2. The Labute approximate surface area is 125 Å². The van der Waals surface area contributed by atoms with Crippen molar-refractivity contribution in [2.24, 2.45) is 5.73 Å². The number of benzene rings is 1. The van der Waals surface area contributed by atoms with Gasteiger partial charge in [0.25, 0.3) is 5.91 Å². The van der Waals surface area contributed by atoms with Crippen LogP contribution in [0.2, 0.25) is 0 Å². The Morgan fingerprint density at radius 1 is 1.23 bits per heavy atom. The van der Waals surface area contributed by atoms with Crippen molar-refractivity contribution in [3.05, 3.63) is 48.1 Å². The number of primary amides is 1. The summed E-state index contributed by atoms with van der Waals surface area (Å²) in [6.07, 6.45) is 4.46. The van der Waals surface area contributed by atoms with E-state index in [4.69, 9.17) is 11.0 Å². The van der Waals surface area contributed by atoms with E-state index in [-0.39, 0.29) is 5.57 Å². The lowest BCUT2D eigenvalue weighted by Gasteiger charge is -2.02. The Morgan fingerprint density at radius 3 is 2.68 bits per heavy atom. The largest absolute Gasteiger partial charge is 0.365 e. The maximum atomic E-state index is 11.0. The normalized spacial score (nSPS) is 11.3. The van der Waals surface area contributed by atoms with Gasteiger partial charge in [0.05, 0.1) is 12.0 Å². The average molecular weight is 290 g/mol. The quantitative estimate of drug-likeness (QED) is 0.558. The van der Waals surface area contributed by atoms with Crippen molar-refractivity contribution in [2.75, 3.05) is 0 Å². The summed E-state index contributed by atoms with van der Waals surface area (Å²) >= 11 is 0. The first-order valence-electron chi connectivity index (χ1n) is 6.35. The van der Waals surface area contributed by atoms with E-state index >= 15 is 0 Å². The van der Waals surface area contributed by atoms with Crippen LogP contribution in [0.3, 0.4) is 0 Å². The number of hydrogen-bond acceptors (Lipinski definition) is 5. The maximum Gasteiger partial charge on any atom is 0.259 e. The van der Waals surface area contributed by atoms with Crippen LogP contribution in [0, 0.1) is 11.3 Å². The molecular weight excluding hydrogens is 280 g/mol. The fourth-order valence-electron chi connectivity index (χ4n) is 2.05. The van der Waals surface area contributed by atoms with Gasteiger partial charge in [0.1, 0.15) is 23.5 Å². The van der Waals surface area contributed by atoms with Crippen molar-refractivity contribution >= 4 is 23.1 Å². The Bertz CT molecular complexity index is 917. The number of H-pyrrole nitrogens is 1. The molecule has 0 saturated carbocycles. The fourth-order valence-corrected chi connectivity index (χ4v) is 2.05. The van der Waals surface area contributed by atoms with Crippen LogP contribution in [-0.4, -0.2) is 25.8 Å². The highest BCUT2D eigenvalue weighted by atomic mass is 16.1. The van der Waals surface area contributed by atoms with Crippen molar-refractivity contribution in [1.29, 1.82) is 5.26 Å². The number of fused-ring (bicyclic) bond motifs is 1. The molecule has 3 aromatic rings. The second kappa shape index (κ2) is 5.46. The van der Waals surface area contributed by atoms with Gasteiger partial charge in [0.15, 0.2) is 5.65 Å². The molecule has 3 rings (SSSR count). The summed E-state index contributed by atoms with van der Waals surface area (Å²) in [4.78, 5) is 26.5. The zero-order chi connectivity index (χ0) is 15.5. The van der Waals surface area contributed by atoms with Gasteiger partial charge in [-0.25, -0.2) is 15.0 Å². The number of nitrogens with one attached hydrogen (secondary N) is 1. The molecule has 3 N–H and O–H groups in total. The Kier molecular flexibility index (Phi) is 3.34. The molecule has 0 aliphatic heterocycles. The predicted molar refractivity (Wildman–Crippen MR) is 79.9 cm³/mol. The zero-order valence-electron chi connectivity index (χ0n) is 11.3. The van der Waals surface area contributed by atoms with Crippen LogP contribution in [0.15, 0.2) is 42.5 Å². The number of rotatable bonds is 3. The van der Waals surface area contributed by atoms with E-state index in [0.717, 1.165) is 16.8 Å². The van der Waals surface area contributed by atoms with Crippen LogP contribution in [-0.2, 0) is 4.79 Å². The Hall–Kier alpha value is -3.53. The van der Waals surface area contributed by atoms with Gasteiger partial charge >= 0.3 is 0 Å². The molecule has 0 aliphatic rings. The lowest BCUT2D eigenvalue weighted by atomic mass is 10.1. The summed E-state index contributed by atoms with van der Waals surface area (Å²) in [6.45, 7) is 0. The smallest absolute Gasteiger partial charge is 0.259 e. The molecule has 7 heteroatoms. The number of nitrogens with zero attached hydrogens (tertiary/aromatic N) is 4. The number of carbonyl (C=O) groups excluding carboxylic acids is 1. The number of imidazole rings is 1. The molecule has 1 aromatic carbocycles. The summed E-state index contributed by atoms with van der Waals surface area (Å²) in [6, 6.07) is 9.00. The number of aromatic amines is 1. The van der Waals surface area contributed by atoms with Gasteiger partial charge in [-0.05, 0) is 11.6 Å². The minimum Gasteiger partial charge on any atom is -0.365 e. The highest BCUT2D eigenvalue weighted by molar-refractivity contribution is 6.00. The van der Waals surface area contributed by atoms with E-state index in [0.29, 0.717) is 11.2 Å². The highest BCUT2D eigenvalue weighted by Crippen LogP contribution is 2.23. The molecule has 106 valence electrons. The maximum absolute atomic E-state index is 11.0. The molecule has 22 heavy (non-hydrogen) atoms. The number of carbonyl (C=O) groups is 1. The van der Waals surface area contributed by atoms with Crippen LogP contribution in [0.4, 0.5) is 0 Å². The molecule has 0 saturated heterocycles. The Morgan fingerprint density at radius 2 is 2.00 bits per heavy atom. The predicted octanol–water partition coefficient (Wildman–Crippen LogP) is 1.41. The van der Waals surface area contributed by atoms with Gasteiger partial charge in [0, 0.05) is 5.56 Å². The van der Waals surface area contributed by atoms with E-state index in [1.807, 2.05) is 12.1 Å². The number of nitrogens with two attached hydrogens (primary N) is 1. The van der Waals surface area contributed by atoms with Gasteiger partial charge < -0.3 is 10.7 Å². The van der Waals surface area contributed by atoms with Crippen molar-refractivity contribution in [2.45, 2.75) is 0 Å². The van der Waals surface area contributed by atoms with Crippen molar-refractivity contribution < 1.29 is 4.79 Å². The number of amides is 1.